The number of benzene rings is 1. The van der Waals surface area contributed by atoms with Crippen molar-refractivity contribution in [1.29, 1.82) is 0 Å². The van der Waals surface area contributed by atoms with E-state index in [4.69, 9.17) is 5.73 Å². The smallest absolute Gasteiger partial charge is 0.246 e. The number of hydrogen-bond acceptors (Lipinski definition) is 3. The van der Waals surface area contributed by atoms with E-state index in [2.05, 4.69) is 0 Å². The van der Waals surface area contributed by atoms with Gasteiger partial charge in [0.05, 0.1) is 0 Å². The van der Waals surface area contributed by atoms with Crippen molar-refractivity contribution in [3.05, 3.63) is 29.8 Å². The Morgan fingerprint density at radius 1 is 1.37 bits per heavy atom. The molecule has 0 amide bonds. The van der Waals surface area contributed by atoms with Crippen LogP contribution in [0.25, 0.3) is 0 Å². The summed E-state index contributed by atoms with van der Waals surface area (Å²) in [6.45, 7) is 1.99. The van der Waals surface area contributed by atoms with Crippen LogP contribution in [0.1, 0.15) is 19.8 Å². The molecule has 1 saturated heterocycles. The van der Waals surface area contributed by atoms with Gasteiger partial charge in [-0.3, -0.25) is 0 Å². The predicted molar refractivity (Wildman–Crippen MR) is 66.9 cm³/mol. The number of piperidine rings is 1. The minimum atomic E-state index is -3.95. The van der Waals surface area contributed by atoms with Crippen molar-refractivity contribution in [2.75, 3.05) is 6.54 Å². The van der Waals surface area contributed by atoms with Crippen LogP contribution >= 0.6 is 0 Å². The molecule has 2 rings (SSSR count). The number of nitrogens with two attached hydrogens (primary N) is 1. The van der Waals surface area contributed by atoms with E-state index >= 15 is 0 Å². The lowest BCUT2D eigenvalue weighted by atomic mass is 10.0. The monoisotopic (exact) mass is 290 g/mol. The van der Waals surface area contributed by atoms with Gasteiger partial charge in [-0.2, -0.15) is 4.31 Å². The highest BCUT2D eigenvalue weighted by Gasteiger charge is 2.34. The average molecular weight is 290 g/mol. The van der Waals surface area contributed by atoms with Crippen LogP contribution in [0.5, 0.6) is 0 Å². The van der Waals surface area contributed by atoms with Gasteiger partial charge in [-0.25, -0.2) is 17.2 Å². The quantitative estimate of drug-likeness (QED) is 0.897. The summed E-state index contributed by atoms with van der Waals surface area (Å²) in [6, 6.07) is 2.14. The summed E-state index contributed by atoms with van der Waals surface area (Å²) >= 11 is 0. The molecule has 0 radical (unpaired) electrons. The summed E-state index contributed by atoms with van der Waals surface area (Å²) in [4.78, 5) is -0.490. The number of rotatable bonds is 2. The SMILES string of the molecule is CC1CC(N)CCN1S(=O)(=O)c1ccc(F)cc1F. The van der Waals surface area contributed by atoms with E-state index in [-0.39, 0.29) is 18.6 Å². The summed E-state index contributed by atoms with van der Waals surface area (Å²) in [6.07, 6.45) is 1.06. The third-order valence-corrected chi connectivity index (χ3v) is 5.38. The summed E-state index contributed by atoms with van der Waals surface area (Å²) < 4.78 is 52.4. The highest BCUT2D eigenvalue weighted by atomic mass is 32.2. The van der Waals surface area contributed by atoms with Gasteiger partial charge < -0.3 is 5.73 Å². The van der Waals surface area contributed by atoms with Crippen LogP contribution in [0.4, 0.5) is 8.78 Å². The van der Waals surface area contributed by atoms with Gasteiger partial charge in [0.15, 0.2) is 0 Å². The van der Waals surface area contributed by atoms with Gasteiger partial charge in [-0.15, -0.1) is 0 Å². The van der Waals surface area contributed by atoms with Crippen LogP contribution in [-0.2, 0) is 10.0 Å². The minimum absolute atomic E-state index is 0.0421. The molecule has 1 heterocycles. The Morgan fingerprint density at radius 3 is 2.63 bits per heavy atom. The van der Waals surface area contributed by atoms with Crippen LogP contribution < -0.4 is 5.73 Å². The fourth-order valence-corrected chi connectivity index (χ4v) is 4.06. The maximum absolute atomic E-state index is 13.6. The summed E-state index contributed by atoms with van der Waals surface area (Å²) in [5.41, 5.74) is 5.77. The van der Waals surface area contributed by atoms with Crippen LogP contribution in [0.2, 0.25) is 0 Å². The van der Waals surface area contributed by atoms with E-state index in [1.165, 1.54) is 4.31 Å². The zero-order valence-electron chi connectivity index (χ0n) is 10.5. The molecule has 0 bridgehead atoms. The van der Waals surface area contributed by atoms with Gasteiger partial charge in [-0.1, -0.05) is 0 Å². The summed E-state index contributed by atoms with van der Waals surface area (Å²) in [5, 5.41) is 0. The molecular formula is C12H16F2N2O2S. The molecule has 2 atom stereocenters. The molecule has 2 N–H and O–H groups in total. The largest absolute Gasteiger partial charge is 0.328 e. The van der Waals surface area contributed by atoms with E-state index < -0.39 is 26.6 Å². The molecule has 1 aliphatic rings. The van der Waals surface area contributed by atoms with Gasteiger partial charge in [-0.05, 0) is 31.9 Å². The third kappa shape index (κ3) is 2.77. The lowest BCUT2D eigenvalue weighted by molar-refractivity contribution is 0.246. The Kier molecular flexibility index (Phi) is 3.89. The van der Waals surface area contributed by atoms with Gasteiger partial charge in [0, 0.05) is 24.7 Å². The number of nitrogens with zero attached hydrogens (tertiary/aromatic N) is 1. The molecule has 0 aliphatic carbocycles. The van der Waals surface area contributed by atoms with Crippen LogP contribution in [0.15, 0.2) is 23.1 Å². The van der Waals surface area contributed by atoms with Crippen LogP contribution in [0, 0.1) is 11.6 Å². The van der Waals surface area contributed by atoms with E-state index in [0.29, 0.717) is 18.9 Å². The van der Waals surface area contributed by atoms with Gasteiger partial charge in [0.25, 0.3) is 0 Å². The zero-order chi connectivity index (χ0) is 14.2. The first-order valence-corrected chi connectivity index (χ1v) is 7.49. The molecule has 1 aromatic rings. The molecule has 0 saturated carbocycles. The molecule has 1 aromatic carbocycles. The Balaban J connectivity index is 2.37. The Morgan fingerprint density at radius 2 is 2.05 bits per heavy atom. The molecule has 2 unspecified atom stereocenters. The van der Waals surface area contributed by atoms with E-state index in [1.54, 1.807) is 6.92 Å². The van der Waals surface area contributed by atoms with Crippen molar-refractivity contribution >= 4 is 10.0 Å². The van der Waals surface area contributed by atoms with E-state index in [9.17, 15) is 17.2 Å². The zero-order valence-corrected chi connectivity index (χ0v) is 11.3. The van der Waals surface area contributed by atoms with Gasteiger partial charge in [0.1, 0.15) is 16.5 Å². The van der Waals surface area contributed by atoms with Crippen molar-refractivity contribution < 1.29 is 17.2 Å². The van der Waals surface area contributed by atoms with Crippen molar-refractivity contribution in [2.45, 2.75) is 36.7 Å². The molecule has 19 heavy (non-hydrogen) atoms. The Labute approximate surface area is 111 Å². The first-order valence-electron chi connectivity index (χ1n) is 6.05. The fraction of sp³-hybridized carbons (Fsp3) is 0.500. The fourth-order valence-electron chi connectivity index (χ4n) is 2.35. The molecular weight excluding hydrogens is 274 g/mol. The summed E-state index contributed by atoms with van der Waals surface area (Å²) in [5.74, 6) is -1.87. The number of sulfonamides is 1. The first kappa shape index (κ1) is 14.4. The van der Waals surface area contributed by atoms with Crippen molar-refractivity contribution in [1.82, 2.24) is 4.31 Å². The molecule has 1 fully saturated rings. The molecule has 1 aliphatic heterocycles. The normalized spacial score (nSPS) is 25.5. The second-order valence-electron chi connectivity index (χ2n) is 4.82. The molecule has 106 valence electrons. The van der Waals surface area contributed by atoms with Gasteiger partial charge >= 0.3 is 0 Å². The maximum atomic E-state index is 13.6. The van der Waals surface area contributed by atoms with Crippen molar-refractivity contribution in [3.8, 4) is 0 Å². The Hall–Kier alpha value is -1.05. The lowest BCUT2D eigenvalue weighted by Crippen LogP contribution is -2.48. The second-order valence-corrected chi connectivity index (χ2v) is 6.68. The van der Waals surface area contributed by atoms with Crippen LogP contribution in [-0.4, -0.2) is 31.4 Å². The van der Waals surface area contributed by atoms with Crippen molar-refractivity contribution in [3.63, 3.8) is 0 Å². The highest BCUT2D eigenvalue weighted by Crippen LogP contribution is 2.26. The second kappa shape index (κ2) is 5.15. The first-order chi connectivity index (χ1) is 8.82. The number of halogens is 2. The predicted octanol–water partition coefficient (Wildman–Crippen LogP) is 1.47. The topological polar surface area (TPSA) is 63.4 Å². The molecule has 0 aromatic heterocycles. The standard InChI is InChI=1S/C12H16F2N2O2S/c1-8-6-10(15)4-5-16(8)19(17,18)12-3-2-9(13)7-11(12)14/h2-3,7-8,10H,4-6,15H2,1H3. The molecule has 4 nitrogen and oxygen atoms in total. The van der Waals surface area contributed by atoms with E-state index in [1.807, 2.05) is 0 Å². The average Bonchev–Trinajstić information content (AvgIpc) is 2.27. The third-order valence-electron chi connectivity index (χ3n) is 3.34. The molecule has 0 spiro atoms. The van der Waals surface area contributed by atoms with Gasteiger partial charge in [0.2, 0.25) is 10.0 Å². The lowest BCUT2D eigenvalue weighted by Gasteiger charge is -2.35. The van der Waals surface area contributed by atoms with Crippen LogP contribution in [0.3, 0.4) is 0 Å². The van der Waals surface area contributed by atoms with Crippen molar-refractivity contribution in [2.24, 2.45) is 5.73 Å². The highest BCUT2D eigenvalue weighted by molar-refractivity contribution is 7.89. The number of hydrogen-bond donors (Lipinski definition) is 1. The Bertz CT molecular complexity index is 577. The summed E-state index contributed by atoms with van der Waals surface area (Å²) in [7, 11) is -3.95. The minimum Gasteiger partial charge on any atom is -0.328 e. The molecule has 7 heteroatoms. The maximum Gasteiger partial charge on any atom is 0.246 e. The van der Waals surface area contributed by atoms with E-state index in [0.717, 1.165) is 12.1 Å².